The van der Waals surface area contributed by atoms with Crippen LogP contribution in [0.2, 0.25) is 0 Å². The first-order valence-corrected chi connectivity index (χ1v) is 6.23. The van der Waals surface area contributed by atoms with Crippen LogP contribution in [0.4, 0.5) is 0 Å². The molecule has 3 N–H and O–H groups in total. The number of carboxylic acid groups (broad SMARTS) is 1. The second kappa shape index (κ2) is 6.59. The van der Waals surface area contributed by atoms with Crippen LogP contribution in [0.5, 0.6) is 0 Å². The third-order valence-electron chi connectivity index (χ3n) is 3.39. The van der Waals surface area contributed by atoms with Crippen LogP contribution in [-0.4, -0.2) is 36.6 Å². The van der Waals surface area contributed by atoms with Crippen LogP contribution in [0.3, 0.4) is 0 Å². The quantitative estimate of drug-likeness (QED) is 0.591. The number of aliphatic carboxylic acids is 1. The van der Waals surface area contributed by atoms with Gasteiger partial charge < -0.3 is 15.7 Å². The summed E-state index contributed by atoms with van der Waals surface area (Å²) in [4.78, 5) is 22.4. The van der Waals surface area contributed by atoms with Crippen LogP contribution >= 0.6 is 0 Å². The van der Waals surface area contributed by atoms with E-state index in [1.807, 2.05) is 0 Å². The number of carbonyl (C=O) groups excluding carboxylic acids is 1. The van der Waals surface area contributed by atoms with Crippen LogP contribution < -0.4 is 10.6 Å². The van der Waals surface area contributed by atoms with E-state index in [4.69, 9.17) is 5.11 Å². The summed E-state index contributed by atoms with van der Waals surface area (Å²) in [5, 5.41) is 14.8. The molecule has 0 aromatic carbocycles. The molecule has 0 radical (unpaired) electrons. The predicted molar refractivity (Wildman–Crippen MR) is 64.6 cm³/mol. The van der Waals surface area contributed by atoms with Crippen molar-refractivity contribution in [3.8, 4) is 0 Å². The molecular formula is C12H22N2O3. The number of rotatable bonds is 6. The Bertz CT molecular complexity index is 281. The molecule has 1 aliphatic rings. The average Bonchev–Trinajstić information content (AvgIpc) is 2.70. The van der Waals surface area contributed by atoms with Crippen molar-refractivity contribution in [1.29, 1.82) is 0 Å². The Morgan fingerprint density at radius 3 is 2.71 bits per heavy atom. The molecular weight excluding hydrogens is 220 g/mol. The Hall–Kier alpha value is -1.10. The van der Waals surface area contributed by atoms with E-state index < -0.39 is 5.97 Å². The monoisotopic (exact) mass is 242 g/mol. The fourth-order valence-electron chi connectivity index (χ4n) is 2.04. The van der Waals surface area contributed by atoms with Crippen molar-refractivity contribution in [3.05, 3.63) is 0 Å². The first-order chi connectivity index (χ1) is 8.02. The van der Waals surface area contributed by atoms with Crippen molar-refractivity contribution >= 4 is 11.9 Å². The van der Waals surface area contributed by atoms with Gasteiger partial charge >= 0.3 is 5.97 Å². The molecule has 98 valence electrons. The lowest BCUT2D eigenvalue weighted by Gasteiger charge is -2.14. The maximum absolute atomic E-state index is 11.8. The van der Waals surface area contributed by atoms with Crippen molar-refractivity contribution in [1.82, 2.24) is 10.6 Å². The number of amides is 1. The largest absolute Gasteiger partial charge is 0.481 e. The van der Waals surface area contributed by atoms with Gasteiger partial charge in [-0.1, -0.05) is 13.8 Å². The van der Waals surface area contributed by atoms with Crippen LogP contribution in [0.1, 0.15) is 26.7 Å². The minimum absolute atomic E-state index is 0.0619. The summed E-state index contributed by atoms with van der Waals surface area (Å²) in [6.45, 7) is 5.97. The second-order valence-electron chi connectivity index (χ2n) is 4.91. The number of hydrogen-bond acceptors (Lipinski definition) is 3. The molecule has 5 nitrogen and oxygen atoms in total. The smallest absolute Gasteiger partial charge is 0.306 e. The molecule has 0 saturated carbocycles. The lowest BCUT2D eigenvalue weighted by atomic mass is 9.97. The molecule has 0 spiro atoms. The van der Waals surface area contributed by atoms with Gasteiger partial charge in [0.2, 0.25) is 5.91 Å². The molecule has 1 aliphatic heterocycles. The average molecular weight is 242 g/mol. The highest BCUT2D eigenvalue weighted by molar-refractivity contribution is 5.79. The van der Waals surface area contributed by atoms with E-state index in [9.17, 15) is 9.59 Å². The Morgan fingerprint density at radius 2 is 2.18 bits per heavy atom. The number of hydrogen-bond donors (Lipinski definition) is 3. The highest BCUT2D eigenvalue weighted by Gasteiger charge is 2.29. The van der Waals surface area contributed by atoms with E-state index >= 15 is 0 Å². The van der Waals surface area contributed by atoms with Crippen molar-refractivity contribution in [2.75, 3.05) is 19.6 Å². The summed E-state index contributed by atoms with van der Waals surface area (Å²) in [6, 6.07) is 0. The van der Waals surface area contributed by atoms with E-state index in [1.54, 1.807) is 6.92 Å². The molecule has 5 heteroatoms. The van der Waals surface area contributed by atoms with Gasteiger partial charge in [0.1, 0.15) is 0 Å². The van der Waals surface area contributed by atoms with E-state index in [-0.39, 0.29) is 17.7 Å². The van der Waals surface area contributed by atoms with Crippen LogP contribution in [0.25, 0.3) is 0 Å². The molecule has 0 aromatic rings. The topological polar surface area (TPSA) is 78.4 Å². The fourth-order valence-corrected chi connectivity index (χ4v) is 2.04. The zero-order valence-electron chi connectivity index (χ0n) is 10.5. The molecule has 3 atom stereocenters. The molecule has 17 heavy (non-hydrogen) atoms. The van der Waals surface area contributed by atoms with E-state index in [0.717, 1.165) is 13.1 Å². The maximum atomic E-state index is 11.8. The van der Waals surface area contributed by atoms with Gasteiger partial charge in [-0.3, -0.25) is 9.59 Å². The third kappa shape index (κ3) is 4.34. The summed E-state index contributed by atoms with van der Waals surface area (Å²) < 4.78 is 0. The van der Waals surface area contributed by atoms with Gasteiger partial charge in [0, 0.05) is 13.1 Å². The first-order valence-electron chi connectivity index (χ1n) is 6.23. The molecule has 1 saturated heterocycles. The highest BCUT2D eigenvalue weighted by atomic mass is 16.4. The summed E-state index contributed by atoms with van der Waals surface area (Å²) in [5.41, 5.74) is 0. The van der Waals surface area contributed by atoms with Gasteiger partial charge in [-0.05, 0) is 25.3 Å². The Labute approximate surface area is 102 Å². The van der Waals surface area contributed by atoms with E-state index in [2.05, 4.69) is 17.6 Å². The van der Waals surface area contributed by atoms with Crippen LogP contribution in [0, 0.1) is 17.8 Å². The minimum Gasteiger partial charge on any atom is -0.481 e. The number of carboxylic acids is 1. The van der Waals surface area contributed by atoms with E-state index in [0.29, 0.717) is 25.3 Å². The van der Waals surface area contributed by atoms with Gasteiger partial charge in [0.25, 0.3) is 0 Å². The van der Waals surface area contributed by atoms with Crippen LogP contribution in [0.15, 0.2) is 0 Å². The molecule has 1 unspecified atom stereocenters. The fraction of sp³-hybridized carbons (Fsp3) is 0.833. The molecule has 1 amide bonds. The van der Waals surface area contributed by atoms with Crippen molar-refractivity contribution in [2.45, 2.75) is 26.7 Å². The van der Waals surface area contributed by atoms with Gasteiger partial charge in [-0.25, -0.2) is 0 Å². The summed E-state index contributed by atoms with van der Waals surface area (Å²) in [5.74, 6) is -0.575. The van der Waals surface area contributed by atoms with Crippen molar-refractivity contribution < 1.29 is 14.7 Å². The van der Waals surface area contributed by atoms with Gasteiger partial charge in [-0.15, -0.1) is 0 Å². The lowest BCUT2D eigenvalue weighted by molar-refractivity contribution is -0.141. The standard InChI is InChI=1S/C12H22N2O3/c1-8(12(16)17)4-3-5-14-11(15)10-7-13-6-9(10)2/h8-10,13H,3-7H2,1-2H3,(H,14,15)(H,16,17)/t8?,9-,10-/m1/s1. The van der Waals surface area contributed by atoms with Crippen molar-refractivity contribution in [3.63, 3.8) is 0 Å². The summed E-state index contributed by atoms with van der Waals surface area (Å²) in [6.07, 6.45) is 1.32. The molecule has 1 heterocycles. The first kappa shape index (κ1) is 14.0. The minimum atomic E-state index is -0.773. The molecule has 0 aliphatic carbocycles. The highest BCUT2D eigenvalue weighted by Crippen LogP contribution is 2.15. The molecule has 0 aromatic heterocycles. The summed E-state index contributed by atoms with van der Waals surface area (Å²) in [7, 11) is 0. The maximum Gasteiger partial charge on any atom is 0.306 e. The lowest BCUT2D eigenvalue weighted by Crippen LogP contribution is -2.35. The third-order valence-corrected chi connectivity index (χ3v) is 3.39. The van der Waals surface area contributed by atoms with Gasteiger partial charge in [0.15, 0.2) is 0 Å². The van der Waals surface area contributed by atoms with Gasteiger partial charge in [0.05, 0.1) is 11.8 Å². The Balaban J connectivity index is 2.14. The molecule has 0 bridgehead atoms. The Morgan fingerprint density at radius 1 is 1.47 bits per heavy atom. The van der Waals surface area contributed by atoms with E-state index in [1.165, 1.54) is 0 Å². The number of nitrogens with one attached hydrogen (secondary N) is 2. The number of carbonyl (C=O) groups is 2. The normalized spacial score (nSPS) is 25.5. The summed E-state index contributed by atoms with van der Waals surface area (Å²) >= 11 is 0. The zero-order valence-corrected chi connectivity index (χ0v) is 10.5. The second-order valence-corrected chi connectivity index (χ2v) is 4.91. The van der Waals surface area contributed by atoms with Gasteiger partial charge in [-0.2, -0.15) is 0 Å². The zero-order chi connectivity index (χ0) is 12.8. The molecule has 1 fully saturated rings. The van der Waals surface area contributed by atoms with Crippen LogP contribution in [-0.2, 0) is 9.59 Å². The SMILES string of the molecule is CC(CCCNC(=O)[C@@H]1CNC[C@H]1C)C(=O)O. The van der Waals surface area contributed by atoms with Crippen molar-refractivity contribution in [2.24, 2.45) is 17.8 Å². The Kier molecular flexibility index (Phi) is 5.41. The predicted octanol–water partition coefficient (Wildman–Crippen LogP) is 0.459. The molecule has 1 rings (SSSR count).